The molecule has 0 radical (unpaired) electrons. The first-order valence-corrected chi connectivity index (χ1v) is 14.8. The third kappa shape index (κ3) is 8.97. The quantitative estimate of drug-likeness (QED) is 0.191. The van der Waals surface area contributed by atoms with Gasteiger partial charge in [-0.1, -0.05) is 48.5 Å². The van der Waals surface area contributed by atoms with Gasteiger partial charge < -0.3 is 25.4 Å². The summed E-state index contributed by atoms with van der Waals surface area (Å²) < 4.78 is 5.29. The van der Waals surface area contributed by atoms with E-state index in [0.717, 1.165) is 34.0 Å². The average molecular weight is 587 g/mol. The molecule has 2 atom stereocenters. The standard InChI is InChI=1S/C33H38N4O4S/c1-23-22-42-31(35-23)21-37(2)33(40)27-13-8-12-26(19-27)32(39)36-29(18-24-9-5-4-6-10-24)30(38)20-34-16-15-25-11-7-14-28(17-25)41-3/h4-14,17,19,22,29-30,34,38H,15-16,18,20-21H2,1-3H3,(H,36,39)/t29-,30+/m0/s1. The van der Waals surface area contributed by atoms with Crippen molar-refractivity contribution < 1.29 is 19.4 Å². The number of nitrogens with one attached hydrogen (secondary N) is 2. The Kier molecular flexibility index (Phi) is 11.2. The highest BCUT2D eigenvalue weighted by atomic mass is 32.1. The van der Waals surface area contributed by atoms with Crippen LogP contribution in [0.15, 0.2) is 84.2 Å². The van der Waals surface area contributed by atoms with E-state index in [1.807, 2.05) is 66.9 Å². The van der Waals surface area contributed by atoms with Gasteiger partial charge in [-0.15, -0.1) is 11.3 Å². The topological polar surface area (TPSA) is 104 Å². The molecule has 220 valence electrons. The van der Waals surface area contributed by atoms with Crippen LogP contribution in [0.2, 0.25) is 0 Å². The molecule has 4 rings (SSSR count). The fraction of sp³-hybridized carbons (Fsp3) is 0.303. The van der Waals surface area contributed by atoms with Gasteiger partial charge in [-0.2, -0.15) is 0 Å². The molecule has 0 aliphatic carbocycles. The van der Waals surface area contributed by atoms with Crippen molar-refractivity contribution >= 4 is 23.2 Å². The highest BCUT2D eigenvalue weighted by Gasteiger charge is 2.23. The number of carbonyl (C=O) groups is 2. The Balaban J connectivity index is 1.39. The van der Waals surface area contributed by atoms with Crippen LogP contribution in [0.3, 0.4) is 0 Å². The van der Waals surface area contributed by atoms with E-state index in [0.29, 0.717) is 37.2 Å². The molecule has 0 bridgehead atoms. The van der Waals surface area contributed by atoms with Gasteiger partial charge in [0.2, 0.25) is 0 Å². The van der Waals surface area contributed by atoms with Crippen LogP contribution in [0.5, 0.6) is 5.75 Å². The van der Waals surface area contributed by atoms with E-state index < -0.39 is 12.1 Å². The first-order chi connectivity index (χ1) is 20.3. The molecule has 1 aromatic heterocycles. The monoisotopic (exact) mass is 586 g/mol. The third-order valence-corrected chi connectivity index (χ3v) is 7.87. The SMILES string of the molecule is COc1cccc(CCNC[C@@H](O)[C@H](Cc2ccccc2)NC(=O)c2cccc(C(=O)N(C)Cc3nc(C)cs3)c2)c1. The predicted octanol–water partition coefficient (Wildman–Crippen LogP) is 4.27. The van der Waals surface area contributed by atoms with Gasteiger partial charge in [0.1, 0.15) is 10.8 Å². The molecule has 0 saturated heterocycles. The highest BCUT2D eigenvalue weighted by Crippen LogP contribution is 2.15. The molecule has 4 aromatic rings. The Hall–Kier alpha value is -4.05. The minimum atomic E-state index is -0.836. The van der Waals surface area contributed by atoms with Crippen molar-refractivity contribution in [3.05, 3.63) is 117 Å². The van der Waals surface area contributed by atoms with Gasteiger partial charge in [0.25, 0.3) is 11.8 Å². The van der Waals surface area contributed by atoms with E-state index in [2.05, 4.69) is 15.6 Å². The lowest BCUT2D eigenvalue weighted by atomic mass is 10.00. The van der Waals surface area contributed by atoms with Crippen molar-refractivity contribution in [2.45, 2.75) is 38.5 Å². The summed E-state index contributed by atoms with van der Waals surface area (Å²) in [5.41, 5.74) is 3.83. The van der Waals surface area contributed by atoms with Crippen LogP contribution < -0.4 is 15.4 Å². The van der Waals surface area contributed by atoms with Crippen LogP contribution >= 0.6 is 11.3 Å². The maximum absolute atomic E-state index is 13.4. The molecular weight excluding hydrogens is 548 g/mol. The zero-order valence-electron chi connectivity index (χ0n) is 24.2. The molecule has 42 heavy (non-hydrogen) atoms. The second kappa shape index (κ2) is 15.3. The number of ether oxygens (including phenoxy) is 1. The molecule has 3 aromatic carbocycles. The molecule has 3 N–H and O–H groups in total. The number of amides is 2. The maximum Gasteiger partial charge on any atom is 0.253 e. The Bertz CT molecular complexity index is 1460. The summed E-state index contributed by atoms with van der Waals surface area (Å²) >= 11 is 1.51. The predicted molar refractivity (Wildman–Crippen MR) is 166 cm³/mol. The Labute approximate surface area is 251 Å². The van der Waals surface area contributed by atoms with E-state index in [9.17, 15) is 14.7 Å². The lowest BCUT2D eigenvalue weighted by Gasteiger charge is -2.25. The van der Waals surface area contributed by atoms with Crippen LogP contribution in [-0.2, 0) is 19.4 Å². The maximum atomic E-state index is 13.4. The summed E-state index contributed by atoms with van der Waals surface area (Å²) in [4.78, 5) is 32.5. The van der Waals surface area contributed by atoms with Gasteiger partial charge in [-0.05, 0) is 67.8 Å². The molecule has 0 saturated carbocycles. The molecule has 9 heteroatoms. The Morgan fingerprint density at radius 2 is 1.74 bits per heavy atom. The third-order valence-electron chi connectivity index (χ3n) is 6.91. The first kappa shape index (κ1) is 30.9. The fourth-order valence-corrected chi connectivity index (χ4v) is 5.44. The van der Waals surface area contributed by atoms with Crippen molar-refractivity contribution in [3.8, 4) is 5.75 Å². The molecular formula is C33H38N4O4S. The van der Waals surface area contributed by atoms with Gasteiger partial charge in [0.05, 0.1) is 25.8 Å². The van der Waals surface area contributed by atoms with Gasteiger partial charge >= 0.3 is 0 Å². The van der Waals surface area contributed by atoms with Crippen molar-refractivity contribution in [3.63, 3.8) is 0 Å². The Morgan fingerprint density at radius 3 is 2.48 bits per heavy atom. The van der Waals surface area contributed by atoms with Crippen molar-refractivity contribution in [1.82, 2.24) is 20.5 Å². The number of carbonyl (C=O) groups excluding carboxylic acids is 2. The van der Waals surface area contributed by atoms with Gasteiger partial charge in [0, 0.05) is 35.8 Å². The number of thiazole rings is 1. The Morgan fingerprint density at radius 1 is 1.00 bits per heavy atom. The molecule has 0 fully saturated rings. The van der Waals surface area contributed by atoms with Crippen LogP contribution in [0, 0.1) is 6.92 Å². The molecule has 0 aliphatic rings. The number of nitrogens with zero attached hydrogens (tertiary/aromatic N) is 2. The molecule has 2 amide bonds. The minimum Gasteiger partial charge on any atom is -0.497 e. The molecule has 1 heterocycles. The summed E-state index contributed by atoms with van der Waals surface area (Å²) in [7, 11) is 3.37. The number of aryl methyl sites for hydroxylation is 1. The van der Waals surface area contributed by atoms with E-state index in [1.54, 1.807) is 43.3 Å². The molecule has 0 spiro atoms. The number of aromatic nitrogens is 1. The van der Waals surface area contributed by atoms with E-state index in [4.69, 9.17) is 4.74 Å². The zero-order chi connectivity index (χ0) is 29.9. The number of aliphatic hydroxyl groups is 1. The lowest BCUT2D eigenvalue weighted by molar-refractivity contribution is 0.0784. The molecule has 8 nitrogen and oxygen atoms in total. The number of methoxy groups -OCH3 is 1. The largest absolute Gasteiger partial charge is 0.497 e. The number of benzene rings is 3. The van der Waals surface area contributed by atoms with Gasteiger partial charge in [-0.25, -0.2) is 4.98 Å². The van der Waals surface area contributed by atoms with Crippen LogP contribution in [-0.4, -0.2) is 66.2 Å². The second-order valence-electron chi connectivity index (χ2n) is 10.3. The van der Waals surface area contributed by atoms with Gasteiger partial charge in [-0.3, -0.25) is 9.59 Å². The summed E-state index contributed by atoms with van der Waals surface area (Å²) in [6, 6.07) is 23.8. The van der Waals surface area contributed by atoms with E-state index >= 15 is 0 Å². The van der Waals surface area contributed by atoms with E-state index in [-0.39, 0.29) is 11.8 Å². The normalized spacial score (nSPS) is 12.4. The van der Waals surface area contributed by atoms with Crippen LogP contribution in [0.1, 0.15) is 42.5 Å². The van der Waals surface area contributed by atoms with Crippen molar-refractivity contribution in [2.24, 2.45) is 0 Å². The highest BCUT2D eigenvalue weighted by molar-refractivity contribution is 7.09. The average Bonchev–Trinajstić information content (AvgIpc) is 3.43. The second-order valence-corrected chi connectivity index (χ2v) is 11.2. The summed E-state index contributed by atoms with van der Waals surface area (Å²) in [5.74, 6) is 0.267. The summed E-state index contributed by atoms with van der Waals surface area (Å²) in [6.45, 7) is 3.28. The van der Waals surface area contributed by atoms with E-state index in [1.165, 1.54) is 11.3 Å². The molecule has 0 aliphatic heterocycles. The van der Waals surface area contributed by atoms with Gasteiger partial charge in [0.15, 0.2) is 0 Å². The van der Waals surface area contributed by atoms with Crippen LogP contribution in [0.25, 0.3) is 0 Å². The number of aliphatic hydroxyl groups excluding tert-OH is 1. The lowest BCUT2D eigenvalue weighted by Crippen LogP contribution is -2.49. The number of rotatable bonds is 14. The van der Waals surface area contributed by atoms with Crippen molar-refractivity contribution in [1.29, 1.82) is 0 Å². The summed E-state index contributed by atoms with van der Waals surface area (Å²) in [5, 5.41) is 20.3. The molecule has 0 unspecified atom stereocenters. The van der Waals surface area contributed by atoms with Crippen LogP contribution in [0.4, 0.5) is 0 Å². The zero-order valence-corrected chi connectivity index (χ0v) is 25.1. The minimum absolute atomic E-state index is 0.196. The summed E-state index contributed by atoms with van der Waals surface area (Å²) in [6.07, 6.45) is 0.397. The smallest absolute Gasteiger partial charge is 0.253 e. The van der Waals surface area contributed by atoms with Crippen molar-refractivity contribution in [2.75, 3.05) is 27.2 Å². The fourth-order valence-electron chi connectivity index (χ4n) is 4.62. The number of hydrogen-bond donors (Lipinski definition) is 3. The first-order valence-electron chi connectivity index (χ1n) is 14.0. The number of hydrogen-bond acceptors (Lipinski definition) is 7.